The Morgan fingerprint density at radius 3 is 2.00 bits per heavy atom. The van der Waals surface area contributed by atoms with Gasteiger partial charge in [-0.3, -0.25) is 0 Å². The summed E-state index contributed by atoms with van der Waals surface area (Å²) in [5.41, 5.74) is -0.649. The summed E-state index contributed by atoms with van der Waals surface area (Å²) in [4.78, 5) is 0. The number of allylic oxidation sites excluding steroid dienone is 1. The molecule has 2 rings (SSSR count). The Balaban J connectivity index is 2.14. The molecule has 1 atom stereocenters. The van der Waals surface area contributed by atoms with Crippen LogP contribution in [0.1, 0.15) is 51.2 Å². The second kappa shape index (κ2) is 6.56. The van der Waals surface area contributed by atoms with Crippen molar-refractivity contribution in [1.29, 1.82) is 0 Å². The molecule has 0 spiro atoms. The van der Waals surface area contributed by atoms with E-state index in [4.69, 9.17) is 9.31 Å². The molecule has 0 bridgehead atoms. The molecule has 1 saturated heterocycles. The fourth-order valence-electron chi connectivity index (χ4n) is 2.81. The Hall–Kier alpha value is -1.27. The van der Waals surface area contributed by atoms with Gasteiger partial charge in [-0.2, -0.15) is 13.2 Å². The highest BCUT2D eigenvalue weighted by atomic mass is 19.4. The van der Waals surface area contributed by atoms with Crippen LogP contribution in [0, 0.1) is 0 Å². The third-order valence-electron chi connectivity index (χ3n) is 4.94. The summed E-state index contributed by atoms with van der Waals surface area (Å²) in [6, 6.07) is 5.30. The number of alkyl halides is 3. The summed E-state index contributed by atoms with van der Waals surface area (Å²) in [5, 5.41) is 0. The molecule has 0 N–H and O–H groups in total. The van der Waals surface area contributed by atoms with E-state index in [0.717, 1.165) is 17.7 Å². The predicted molar refractivity (Wildman–Crippen MR) is 89.9 cm³/mol. The van der Waals surface area contributed by atoms with Crippen molar-refractivity contribution in [2.75, 3.05) is 0 Å². The zero-order valence-corrected chi connectivity index (χ0v) is 14.6. The van der Waals surface area contributed by atoms with Gasteiger partial charge in [0.15, 0.2) is 0 Å². The Kier molecular flexibility index (Phi) is 5.21. The third-order valence-corrected chi connectivity index (χ3v) is 4.94. The lowest BCUT2D eigenvalue weighted by Crippen LogP contribution is -2.41. The lowest BCUT2D eigenvalue weighted by molar-refractivity contribution is -0.137. The number of benzene rings is 1. The van der Waals surface area contributed by atoms with Gasteiger partial charge >= 0.3 is 13.3 Å². The van der Waals surface area contributed by atoms with Crippen LogP contribution in [-0.2, 0) is 15.5 Å². The van der Waals surface area contributed by atoms with Gasteiger partial charge in [0.25, 0.3) is 0 Å². The Morgan fingerprint density at radius 1 is 1.08 bits per heavy atom. The zero-order chi connectivity index (χ0) is 18.2. The van der Waals surface area contributed by atoms with Gasteiger partial charge in [0.05, 0.1) is 16.8 Å². The fourth-order valence-corrected chi connectivity index (χ4v) is 2.81. The minimum Gasteiger partial charge on any atom is -0.403 e. The van der Waals surface area contributed by atoms with E-state index in [1.165, 1.54) is 12.1 Å². The molecule has 0 amide bonds. The maximum absolute atomic E-state index is 12.7. The van der Waals surface area contributed by atoms with Crippen LogP contribution in [0.25, 0.3) is 0 Å². The molecule has 132 valence electrons. The van der Waals surface area contributed by atoms with E-state index in [1.807, 2.05) is 27.7 Å². The number of hydrogen-bond donors (Lipinski definition) is 0. The Morgan fingerprint density at radius 2 is 1.58 bits per heavy atom. The second-order valence-corrected chi connectivity index (χ2v) is 7.26. The lowest BCUT2D eigenvalue weighted by atomic mass is 9.73. The van der Waals surface area contributed by atoms with Crippen molar-refractivity contribution >= 4 is 7.12 Å². The topological polar surface area (TPSA) is 18.5 Å². The molecule has 0 aromatic heterocycles. The maximum Gasteiger partial charge on any atom is 0.458 e. The normalized spacial score (nSPS) is 20.9. The molecule has 2 nitrogen and oxygen atoms in total. The summed E-state index contributed by atoms with van der Waals surface area (Å²) >= 11 is 0. The zero-order valence-electron chi connectivity index (χ0n) is 14.6. The van der Waals surface area contributed by atoms with E-state index in [9.17, 15) is 13.2 Å². The smallest absolute Gasteiger partial charge is 0.403 e. The van der Waals surface area contributed by atoms with E-state index >= 15 is 0 Å². The van der Waals surface area contributed by atoms with Gasteiger partial charge in [-0.1, -0.05) is 18.2 Å². The minimum absolute atomic E-state index is 0.000478. The van der Waals surface area contributed by atoms with Gasteiger partial charge in [-0.25, -0.2) is 0 Å². The lowest BCUT2D eigenvalue weighted by Gasteiger charge is -2.32. The van der Waals surface area contributed by atoms with Crippen molar-refractivity contribution in [2.45, 2.75) is 63.7 Å². The Labute approximate surface area is 142 Å². The largest absolute Gasteiger partial charge is 0.458 e. The molecule has 0 unspecified atom stereocenters. The highest BCUT2D eigenvalue weighted by molar-refractivity contribution is 6.45. The quantitative estimate of drug-likeness (QED) is 0.524. The van der Waals surface area contributed by atoms with E-state index in [2.05, 4.69) is 6.58 Å². The van der Waals surface area contributed by atoms with Gasteiger partial charge in [0.2, 0.25) is 0 Å². The van der Waals surface area contributed by atoms with Crippen molar-refractivity contribution in [1.82, 2.24) is 0 Å². The highest BCUT2D eigenvalue weighted by Crippen LogP contribution is 2.40. The molecule has 0 aliphatic carbocycles. The first-order valence-electron chi connectivity index (χ1n) is 8.10. The van der Waals surface area contributed by atoms with Crippen molar-refractivity contribution in [3.63, 3.8) is 0 Å². The molecule has 1 aliphatic heterocycles. The molecule has 0 saturated carbocycles. The first kappa shape index (κ1) is 19.1. The molecule has 6 heteroatoms. The molecule has 1 fully saturated rings. The van der Waals surface area contributed by atoms with Crippen LogP contribution in [-0.4, -0.2) is 18.3 Å². The van der Waals surface area contributed by atoms with Crippen LogP contribution >= 0.6 is 0 Å². The predicted octanol–water partition coefficient (Wildman–Crippen LogP) is 5.46. The third kappa shape index (κ3) is 4.04. The number of rotatable bonds is 5. The molecule has 1 aliphatic rings. The van der Waals surface area contributed by atoms with Crippen LogP contribution < -0.4 is 0 Å². The standard InChI is InChI=1S/C18H24BF3O2/c1-6-7-14(12-19-23-16(2,3)17(4,5)24-19)13-8-10-15(11-9-13)18(20,21)22/h6,8-11,14H,1,7,12H2,2-5H3/t14-/m0/s1. The molecular weight excluding hydrogens is 316 g/mol. The second-order valence-electron chi connectivity index (χ2n) is 7.26. The van der Waals surface area contributed by atoms with Gasteiger partial charge in [0, 0.05) is 0 Å². The average Bonchev–Trinajstić information content (AvgIpc) is 2.65. The van der Waals surface area contributed by atoms with Gasteiger partial charge in [-0.15, -0.1) is 6.58 Å². The SMILES string of the molecule is C=CC[C@@H](CB1OC(C)(C)C(C)(C)O1)c1ccc(C(F)(F)F)cc1. The first-order valence-corrected chi connectivity index (χ1v) is 8.10. The van der Waals surface area contributed by atoms with Gasteiger partial charge in [-0.05, 0) is 64.1 Å². The van der Waals surface area contributed by atoms with Gasteiger partial charge in [0.1, 0.15) is 0 Å². The molecule has 1 aromatic rings. The molecule has 24 heavy (non-hydrogen) atoms. The van der Waals surface area contributed by atoms with Crippen molar-refractivity contribution in [3.05, 3.63) is 48.0 Å². The van der Waals surface area contributed by atoms with Crippen LogP contribution in [0.15, 0.2) is 36.9 Å². The molecule has 1 heterocycles. The van der Waals surface area contributed by atoms with E-state index in [-0.39, 0.29) is 13.0 Å². The Bertz CT molecular complexity index is 563. The average molecular weight is 340 g/mol. The summed E-state index contributed by atoms with van der Waals surface area (Å²) < 4.78 is 50.1. The van der Waals surface area contributed by atoms with Crippen molar-refractivity contribution in [3.8, 4) is 0 Å². The fraction of sp³-hybridized carbons (Fsp3) is 0.556. The molecule has 0 radical (unpaired) electrons. The summed E-state index contributed by atoms with van der Waals surface area (Å²) in [7, 11) is -0.387. The number of hydrogen-bond acceptors (Lipinski definition) is 2. The van der Waals surface area contributed by atoms with Crippen LogP contribution in [0.4, 0.5) is 13.2 Å². The van der Waals surface area contributed by atoms with E-state index in [1.54, 1.807) is 6.08 Å². The van der Waals surface area contributed by atoms with Gasteiger partial charge < -0.3 is 9.31 Å². The number of halogens is 3. The summed E-state index contributed by atoms with van der Waals surface area (Å²) in [6.45, 7) is 11.7. The van der Waals surface area contributed by atoms with Crippen molar-refractivity contribution < 1.29 is 22.5 Å². The summed E-state index contributed by atoms with van der Waals surface area (Å²) in [5.74, 6) is -0.000478. The van der Waals surface area contributed by atoms with Crippen LogP contribution in [0.5, 0.6) is 0 Å². The maximum atomic E-state index is 12.7. The first-order chi connectivity index (χ1) is 11.0. The molecule has 1 aromatic carbocycles. The van der Waals surface area contributed by atoms with Crippen LogP contribution in [0.3, 0.4) is 0 Å². The highest BCUT2D eigenvalue weighted by Gasteiger charge is 2.51. The summed E-state index contributed by atoms with van der Waals surface area (Å²) in [6.07, 6.45) is -1.33. The van der Waals surface area contributed by atoms with Crippen molar-refractivity contribution in [2.24, 2.45) is 0 Å². The monoisotopic (exact) mass is 340 g/mol. The van der Waals surface area contributed by atoms with E-state index in [0.29, 0.717) is 12.7 Å². The van der Waals surface area contributed by atoms with E-state index < -0.39 is 22.9 Å². The van der Waals surface area contributed by atoms with Crippen LogP contribution in [0.2, 0.25) is 6.32 Å². The minimum atomic E-state index is -4.32. The molecular formula is C18H24BF3O2.